The van der Waals surface area contributed by atoms with Crippen molar-refractivity contribution in [2.45, 2.75) is 19.3 Å². The van der Waals surface area contributed by atoms with Gasteiger partial charge in [-0.05, 0) is 30.2 Å². The first-order valence-corrected chi connectivity index (χ1v) is 8.80. The first kappa shape index (κ1) is 16.7. The summed E-state index contributed by atoms with van der Waals surface area (Å²) in [6, 6.07) is 14.1. The highest BCUT2D eigenvalue weighted by molar-refractivity contribution is 5.96. The number of amides is 1. The summed E-state index contributed by atoms with van der Waals surface area (Å²) in [5.41, 5.74) is 5.34. The molecule has 2 aromatic carbocycles. The number of methoxy groups -OCH3 is 1. The summed E-state index contributed by atoms with van der Waals surface area (Å²) < 4.78 is 10.7. The minimum Gasteiger partial charge on any atom is -0.491 e. The second-order valence-corrected chi connectivity index (χ2v) is 6.60. The number of para-hydroxylation sites is 1. The van der Waals surface area contributed by atoms with Gasteiger partial charge in [0.25, 0.3) is 0 Å². The van der Waals surface area contributed by atoms with Crippen LogP contribution in [-0.2, 0) is 9.53 Å². The van der Waals surface area contributed by atoms with Gasteiger partial charge in [0.1, 0.15) is 12.4 Å². The molecule has 1 aliphatic rings. The molecule has 1 aliphatic heterocycles. The molecule has 1 unspecified atom stereocenters. The molecule has 1 aromatic heterocycles. The van der Waals surface area contributed by atoms with Crippen LogP contribution in [0.2, 0.25) is 0 Å². The van der Waals surface area contributed by atoms with Crippen molar-refractivity contribution in [3.63, 3.8) is 0 Å². The van der Waals surface area contributed by atoms with E-state index in [-0.39, 0.29) is 11.8 Å². The van der Waals surface area contributed by atoms with E-state index >= 15 is 0 Å². The van der Waals surface area contributed by atoms with E-state index in [0.717, 1.165) is 28.2 Å². The Kier molecular flexibility index (Phi) is 4.39. The van der Waals surface area contributed by atoms with E-state index in [9.17, 15) is 4.79 Å². The van der Waals surface area contributed by atoms with Crippen molar-refractivity contribution in [2.75, 3.05) is 25.6 Å². The normalized spacial score (nSPS) is 16.4. The molecule has 3 aromatic rings. The van der Waals surface area contributed by atoms with Crippen LogP contribution in [0.15, 0.2) is 42.5 Å². The number of rotatable bonds is 5. The van der Waals surface area contributed by atoms with Gasteiger partial charge in [0.2, 0.25) is 5.91 Å². The maximum atomic E-state index is 12.3. The molecule has 1 amide bonds. The van der Waals surface area contributed by atoms with Crippen LogP contribution >= 0.6 is 0 Å². The Balaban J connectivity index is 1.72. The fourth-order valence-corrected chi connectivity index (χ4v) is 3.69. The average Bonchev–Trinajstić information content (AvgIpc) is 2.98. The number of H-pyrrole nitrogens is 1. The van der Waals surface area contributed by atoms with Gasteiger partial charge >= 0.3 is 0 Å². The van der Waals surface area contributed by atoms with Gasteiger partial charge in [-0.15, -0.1) is 0 Å². The third-order valence-electron chi connectivity index (χ3n) is 4.97. The number of ether oxygens (including phenoxy) is 2. The molecule has 0 spiro atoms. The smallest absolute Gasteiger partial charge is 0.225 e. The van der Waals surface area contributed by atoms with Gasteiger partial charge in [-0.25, -0.2) is 0 Å². The number of benzene rings is 2. The summed E-state index contributed by atoms with van der Waals surface area (Å²) >= 11 is 0. The van der Waals surface area contributed by atoms with Gasteiger partial charge in [0, 0.05) is 47.8 Å². The van der Waals surface area contributed by atoms with Crippen LogP contribution in [0.5, 0.6) is 5.75 Å². The number of nitrogens with one attached hydrogen (secondary N) is 2. The predicted molar refractivity (Wildman–Crippen MR) is 102 cm³/mol. The van der Waals surface area contributed by atoms with Crippen molar-refractivity contribution in [3.8, 4) is 5.75 Å². The Hall–Kier alpha value is -2.79. The number of aromatic nitrogens is 1. The second kappa shape index (κ2) is 6.84. The second-order valence-electron chi connectivity index (χ2n) is 6.60. The van der Waals surface area contributed by atoms with Gasteiger partial charge in [-0.2, -0.15) is 0 Å². The number of fused-ring (bicyclic) bond motifs is 2. The first-order valence-electron chi connectivity index (χ1n) is 8.80. The van der Waals surface area contributed by atoms with Crippen LogP contribution < -0.4 is 10.1 Å². The van der Waals surface area contributed by atoms with E-state index < -0.39 is 0 Å². The Morgan fingerprint density at radius 1 is 1.15 bits per heavy atom. The molecule has 2 N–H and O–H groups in total. The molecule has 0 saturated heterocycles. The monoisotopic (exact) mass is 350 g/mol. The molecule has 0 radical (unpaired) electrons. The van der Waals surface area contributed by atoms with Crippen LogP contribution in [-0.4, -0.2) is 31.2 Å². The maximum Gasteiger partial charge on any atom is 0.225 e. The summed E-state index contributed by atoms with van der Waals surface area (Å²) in [5.74, 6) is 0.767. The lowest BCUT2D eigenvalue weighted by Gasteiger charge is -2.26. The average molecular weight is 350 g/mol. The van der Waals surface area contributed by atoms with E-state index in [0.29, 0.717) is 19.6 Å². The number of hydrogen-bond acceptors (Lipinski definition) is 3. The summed E-state index contributed by atoms with van der Waals surface area (Å²) in [5, 5.41) is 4.18. The Morgan fingerprint density at radius 2 is 2.00 bits per heavy atom. The standard InChI is InChI=1S/C21H22N2O3/c1-13-15-5-3-4-6-18(15)23-21(13)17-12-20(24)22-19-11-14(7-8-16(17)19)26-10-9-25-2/h3-8,11,17,23H,9-10,12H2,1-2H3,(H,22,24). The molecular weight excluding hydrogens is 328 g/mol. The fraction of sp³-hybridized carbons (Fsp3) is 0.286. The highest BCUT2D eigenvalue weighted by Crippen LogP contribution is 2.41. The van der Waals surface area contributed by atoms with E-state index in [1.165, 1.54) is 10.9 Å². The molecule has 2 heterocycles. The molecule has 26 heavy (non-hydrogen) atoms. The number of aromatic amines is 1. The van der Waals surface area contributed by atoms with Crippen molar-refractivity contribution < 1.29 is 14.3 Å². The number of aryl methyl sites for hydroxylation is 1. The zero-order valence-corrected chi connectivity index (χ0v) is 15.0. The fourth-order valence-electron chi connectivity index (χ4n) is 3.69. The summed E-state index contributed by atoms with van der Waals surface area (Å²) in [4.78, 5) is 15.8. The van der Waals surface area contributed by atoms with Gasteiger partial charge in [-0.1, -0.05) is 24.3 Å². The Labute approximate surface area is 152 Å². The largest absolute Gasteiger partial charge is 0.491 e. The summed E-state index contributed by atoms with van der Waals surface area (Å²) in [7, 11) is 1.64. The molecule has 0 aliphatic carbocycles. The molecule has 0 fully saturated rings. The molecule has 5 nitrogen and oxygen atoms in total. The van der Waals surface area contributed by atoms with Crippen molar-refractivity contribution in [2.24, 2.45) is 0 Å². The first-order chi connectivity index (χ1) is 12.7. The topological polar surface area (TPSA) is 63.4 Å². The SMILES string of the molecule is COCCOc1ccc2c(c1)NC(=O)CC2c1[nH]c2ccccc2c1C. The van der Waals surface area contributed by atoms with Crippen molar-refractivity contribution >= 4 is 22.5 Å². The van der Waals surface area contributed by atoms with Crippen LogP contribution in [0.25, 0.3) is 10.9 Å². The minimum absolute atomic E-state index is 0.0131. The van der Waals surface area contributed by atoms with E-state index in [2.05, 4.69) is 29.4 Å². The van der Waals surface area contributed by atoms with Gasteiger partial charge in [0.05, 0.1) is 6.61 Å². The van der Waals surface area contributed by atoms with Crippen LogP contribution in [0.3, 0.4) is 0 Å². The van der Waals surface area contributed by atoms with Crippen LogP contribution in [0.1, 0.15) is 29.2 Å². The Bertz CT molecular complexity index is 961. The van der Waals surface area contributed by atoms with E-state index in [1.54, 1.807) is 7.11 Å². The molecular formula is C21H22N2O3. The number of carbonyl (C=O) groups excluding carboxylic acids is 1. The minimum atomic E-state index is 0.0131. The van der Waals surface area contributed by atoms with Gasteiger partial charge in [-0.3, -0.25) is 4.79 Å². The molecule has 1 atom stereocenters. The van der Waals surface area contributed by atoms with Crippen molar-refractivity contribution in [1.82, 2.24) is 4.98 Å². The molecule has 134 valence electrons. The highest BCUT2D eigenvalue weighted by Gasteiger charge is 2.29. The van der Waals surface area contributed by atoms with E-state index in [4.69, 9.17) is 9.47 Å². The van der Waals surface area contributed by atoms with Gasteiger partial charge < -0.3 is 19.8 Å². The highest BCUT2D eigenvalue weighted by atomic mass is 16.5. The van der Waals surface area contributed by atoms with Gasteiger partial charge in [0.15, 0.2) is 0 Å². The number of anilines is 1. The molecule has 0 saturated carbocycles. The third-order valence-corrected chi connectivity index (χ3v) is 4.97. The lowest BCUT2D eigenvalue weighted by atomic mass is 9.86. The lowest BCUT2D eigenvalue weighted by molar-refractivity contribution is -0.116. The molecule has 5 heteroatoms. The lowest BCUT2D eigenvalue weighted by Crippen LogP contribution is -2.24. The maximum absolute atomic E-state index is 12.3. The zero-order valence-electron chi connectivity index (χ0n) is 15.0. The molecule has 0 bridgehead atoms. The summed E-state index contributed by atoms with van der Waals surface area (Å²) in [6.07, 6.45) is 0.435. The number of hydrogen-bond donors (Lipinski definition) is 2. The summed E-state index contributed by atoms with van der Waals surface area (Å²) in [6.45, 7) is 3.12. The third kappa shape index (κ3) is 2.95. The molecule has 4 rings (SSSR count). The van der Waals surface area contributed by atoms with Crippen LogP contribution in [0.4, 0.5) is 5.69 Å². The quantitative estimate of drug-likeness (QED) is 0.684. The van der Waals surface area contributed by atoms with Crippen molar-refractivity contribution in [1.29, 1.82) is 0 Å². The van der Waals surface area contributed by atoms with Crippen LogP contribution in [0, 0.1) is 6.92 Å². The number of carbonyl (C=O) groups is 1. The zero-order chi connectivity index (χ0) is 18.1. The predicted octanol–water partition coefficient (Wildman–Crippen LogP) is 3.98. The van der Waals surface area contributed by atoms with E-state index in [1.807, 2.05) is 30.3 Å². The van der Waals surface area contributed by atoms with Crippen molar-refractivity contribution in [3.05, 3.63) is 59.3 Å². The Morgan fingerprint density at radius 3 is 2.81 bits per heavy atom.